The van der Waals surface area contributed by atoms with Gasteiger partial charge < -0.3 is 5.73 Å². The first-order valence-electron chi connectivity index (χ1n) is 5.25. The molecule has 102 valence electrons. The molecule has 0 radical (unpaired) electrons. The van der Waals surface area contributed by atoms with Gasteiger partial charge in [0.05, 0.1) is 11.4 Å². The first-order chi connectivity index (χ1) is 8.81. The summed E-state index contributed by atoms with van der Waals surface area (Å²) in [5.74, 6) is 0. The molecule has 0 spiro atoms. The van der Waals surface area contributed by atoms with Gasteiger partial charge in [-0.25, -0.2) is 4.68 Å². The van der Waals surface area contributed by atoms with Gasteiger partial charge in [-0.1, -0.05) is 11.3 Å². The number of nitrogen functional groups attached to an aromatic ring is 1. The van der Waals surface area contributed by atoms with Crippen LogP contribution in [0.1, 0.15) is 5.56 Å². The molecule has 0 saturated heterocycles. The van der Waals surface area contributed by atoms with E-state index in [-0.39, 0.29) is 9.63 Å². The van der Waals surface area contributed by atoms with Crippen LogP contribution in [0.4, 0.5) is 11.4 Å². The van der Waals surface area contributed by atoms with Crippen molar-refractivity contribution in [2.24, 2.45) is 7.05 Å². The van der Waals surface area contributed by atoms with Crippen molar-refractivity contribution in [1.29, 1.82) is 0 Å². The highest BCUT2D eigenvalue weighted by atomic mass is 79.9. The van der Waals surface area contributed by atoms with Gasteiger partial charge in [-0.05, 0) is 40.5 Å². The molecule has 19 heavy (non-hydrogen) atoms. The Bertz CT molecular complexity index is 706. The third-order valence-electron chi connectivity index (χ3n) is 2.44. The summed E-state index contributed by atoms with van der Waals surface area (Å²) in [6.45, 7) is 1.85. The highest BCUT2D eigenvalue weighted by Gasteiger charge is 2.24. The van der Waals surface area contributed by atoms with E-state index < -0.39 is 10.0 Å². The van der Waals surface area contributed by atoms with Crippen molar-refractivity contribution < 1.29 is 8.42 Å². The SMILES string of the molecule is Cc1ccc(N)c(NS(=O)(=O)c2c(Br)nnn2C)c1. The fourth-order valence-corrected chi connectivity index (χ4v) is 3.74. The highest BCUT2D eigenvalue weighted by molar-refractivity contribution is 9.10. The monoisotopic (exact) mass is 345 g/mol. The number of nitrogens with two attached hydrogens (primary N) is 1. The number of hydrogen-bond acceptors (Lipinski definition) is 5. The molecule has 1 aromatic heterocycles. The molecule has 0 saturated carbocycles. The van der Waals surface area contributed by atoms with Crippen LogP contribution in [0, 0.1) is 6.92 Å². The zero-order valence-electron chi connectivity index (χ0n) is 10.3. The van der Waals surface area contributed by atoms with Crippen molar-refractivity contribution in [3.63, 3.8) is 0 Å². The zero-order chi connectivity index (χ0) is 14.2. The minimum atomic E-state index is -3.81. The number of nitrogens with one attached hydrogen (secondary N) is 1. The normalized spacial score (nSPS) is 11.5. The van der Waals surface area contributed by atoms with Gasteiger partial charge in [-0.15, -0.1) is 5.10 Å². The fraction of sp³-hybridized carbons (Fsp3) is 0.200. The molecule has 2 aromatic rings. The Kier molecular flexibility index (Phi) is 3.50. The highest BCUT2D eigenvalue weighted by Crippen LogP contribution is 2.25. The minimum absolute atomic E-state index is 0.0617. The number of hydrogen-bond donors (Lipinski definition) is 2. The Morgan fingerprint density at radius 3 is 2.68 bits per heavy atom. The lowest BCUT2D eigenvalue weighted by Gasteiger charge is -2.10. The van der Waals surface area contributed by atoms with E-state index in [9.17, 15) is 8.42 Å². The molecule has 0 fully saturated rings. The molecular formula is C10H12BrN5O2S. The van der Waals surface area contributed by atoms with Crippen LogP contribution in [-0.4, -0.2) is 23.4 Å². The number of rotatable bonds is 3. The fourth-order valence-electron chi connectivity index (χ4n) is 1.56. The number of nitrogens with zero attached hydrogens (tertiary/aromatic N) is 3. The molecule has 0 bridgehead atoms. The van der Waals surface area contributed by atoms with E-state index in [0.29, 0.717) is 11.4 Å². The second-order valence-electron chi connectivity index (χ2n) is 4.01. The van der Waals surface area contributed by atoms with Crippen molar-refractivity contribution in [3.05, 3.63) is 28.4 Å². The maximum atomic E-state index is 12.3. The average molecular weight is 346 g/mol. The minimum Gasteiger partial charge on any atom is -0.397 e. The summed E-state index contributed by atoms with van der Waals surface area (Å²) in [7, 11) is -2.32. The maximum Gasteiger partial charge on any atom is 0.281 e. The van der Waals surface area contributed by atoms with Gasteiger partial charge >= 0.3 is 0 Å². The molecule has 0 amide bonds. The Labute approximate surface area is 119 Å². The van der Waals surface area contributed by atoms with Crippen molar-refractivity contribution in [1.82, 2.24) is 15.0 Å². The number of halogens is 1. The maximum absolute atomic E-state index is 12.3. The number of benzene rings is 1. The van der Waals surface area contributed by atoms with Crippen LogP contribution < -0.4 is 10.5 Å². The molecule has 7 nitrogen and oxygen atoms in total. The van der Waals surface area contributed by atoms with E-state index in [1.807, 2.05) is 6.92 Å². The third-order valence-corrected chi connectivity index (χ3v) is 4.70. The average Bonchev–Trinajstić information content (AvgIpc) is 2.64. The summed E-state index contributed by atoms with van der Waals surface area (Å²) in [5.41, 5.74) is 7.32. The molecule has 9 heteroatoms. The number of aromatic nitrogens is 3. The molecule has 0 aliphatic heterocycles. The van der Waals surface area contributed by atoms with Crippen LogP contribution in [0.15, 0.2) is 27.8 Å². The predicted octanol–water partition coefficient (Wildman–Crippen LogP) is 1.27. The number of aryl methyl sites for hydroxylation is 2. The summed E-state index contributed by atoms with van der Waals surface area (Å²) >= 11 is 3.05. The second-order valence-corrected chi connectivity index (χ2v) is 6.35. The topological polar surface area (TPSA) is 103 Å². The molecule has 2 rings (SSSR count). The molecule has 0 aliphatic rings. The first kappa shape index (κ1) is 13.8. The summed E-state index contributed by atoms with van der Waals surface area (Å²) in [4.78, 5) is 0. The van der Waals surface area contributed by atoms with Crippen LogP contribution in [0.2, 0.25) is 0 Å². The molecule has 0 atom stereocenters. The molecule has 3 N–H and O–H groups in total. The Balaban J connectivity index is 2.45. The number of sulfonamides is 1. The van der Waals surface area contributed by atoms with Crippen molar-refractivity contribution in [2.75, 3.05) is 10.5 Å². The van der Waals surface area contributed by atoms with E-state index in [1.165, 1.54) is 11.7 Å². The number of anilines is 2. The molecular weight excluding hydrogens is 334 g/mol. The summed E-state index contributed by atoms with van der Waals surface area (Å²) in [6, 6.07) is 5.10. The van der Waals surface area contributed by atoms with Crippen molar-refractivity contribution >= 4 is 37.3 Å². The smallest absolute Gasteiger partial charge is 0.281 e. The van der Waals surface area contributed by atoms with Gasteiger partial charge in [0, 0.05) is 7.05 Å². The summed E-state index contributed by atoms with van der Waals surface area (Å²) in [6.07, 6.45) is 0. The van der Waals surface area contributed by atoms with E-state index >= 15 is 0 Å². The van der Waals surface area contributed by atoms with Crippen molar-refractivity contribution in [2.45, 2.75) is 11.9 Å². The summed E-state index contributed by atoms with van der Waals surface area (Å²) < 4.78 is 28.3. The molecule has 1 aromatic carbocycles. The Morgan fingerprint density at radius 2 is 2.11 bits per heavy atom. The largest absolute Gasteiger partial charge is 0.397 e. The van der Waals surface area contributed by atoms with Gasteiger partial charge in [0.15, 0.2) is 4.60 Å². The molecule has 0 aliphatic carbocycles. The molecule has 1 heterocycles. The second kappa shape index (κ2) is 4.82. The van der Waals surface area contributed by atoms with Crippen LogP contribution in [0.25, 0.3) is 0 Å². The lowest BCUT2D eigenvalue weighted by atomic mass is 10.2. The Hall–Kier alpha value is -1.61. The van der Waals surface area contributed by atoms with Gasteiger partial charge in [0.1, 0.15) is 0 Å². The lowest BCUT2D eigenvalue weighted by Crippen LogP contribution is -2.18. The lowest BCUT2D eigenvalue weighted by molar-refractivity contribution is 0.578. The van der Waals surface area contributed by atoms with E-state index in [2.05, 4.69) is 31.0 Å². The van der Waals surface area contributed by atoms with Crippen LogP contribution in [0.5, 0.6) is 0 Å². The van der Waals surface area contributed by atoms with Crippen molar-refractivity contribution in [3.8, 4) is 0 Å². The standard InChI is InChI=1S/C10H12BrN5O2S/c1-6-3-4-7(12)8(5-6)14-19(17,18)10-9(11)13-15-16(10)2/h3-5,14H,12H2,1-2H3. The van der Waals surface area contributed by atoms with Crippen LogP contribution in [-0.2, 0) is 17.1 Å². The van der Waals surface area contributed by atoms with E-state index in [4.69, 9.17) is 5.73 Å². The summed E-state index contributed by atoms with van der Waals surface area (Å²) in [5, 5.41) is 7.22. The Morgan fingerprint density at radius 1 is 1.42 bits per heavy atom. The predicted molar refractivity (Wildman–Crippen MR) is 75.1 cm³/mol. The molecule has 0 unspecified atom stereocenters. The van der Waals surface area contributed by atoms with Gasteiger partial charge in [0.2, 0.25) is 5.03 Å². The van der Waals surface area contributed by atoms with Gasteiger partial charge in [-0.3, -0.25) is 4.72 Å². The van der Waals surface area contributed by atoms with Crippen LogP contribution >= 0.6 is 15.9 Å². The van der Waals surface area contributed by atoms with E-state index in [1.54, 1.807) is 18.2 Å². The first-order valence-corrected chi connectivity index (χ1v) is 7.53. The quantitative estimate of drug-likeness (QED) is 0.815. The van der Waals surface area contributed by atoms with Crippen LogP contribution in [0.3, 0.4) is 0 Å². The van der Waals surface area contributed by atoms with Gasteiger partial charge in [-0.2, -0.15) is 8.42 Å². The third kappa shape index (κ3) is 2.71. The zero-order valence-corrected chi connectivity index (χ0v) is 12.7. The van der Waals surface area contributed by atoms with Gasteiger partial charge in [0.25, 0.3) is 10.0 Å². The van der Waals surface area contributed by atoms with E-state index in [0.717, 1.165) is 5.56 Å².